The van der Waals surface area contributed by atoms with Crippen LogP contribution in [0.2, 0.25) is 18.1 Å². The molecule has 6 amide bonds. The van der Waals surface area contributed by atoms with Gasteiger partial charge < -0.3 is 40.3 Å². The number of nitrogens with one attached hydrogen (secondary N) is 6. The fraction of sp³-hybridized carbons (Fsp3) is 0.483. The quantitative estimate of drug-likeness (QED) is 0.109. The number of aliphatic hydroxyl groups is 1. The molecule has 4 aromatic rings. The maximum absolute atomic E-state index is 13.4. The Labute approximate surface area is 472 Å². The second kappa shape index (κ2) is 26.9. The third kappa shape index (κ3) is 16.1. The Morgan fingerprint density at radius 1 is 0.617 bits per heavy atom. The smallest absolute Gasteiger partial charge is 0.325 e. The predicted molar refractivity (Wildman–Crippen MR) is 305 cm³/mol. The number of aromatic nitrogens is 2. The minimum absolute atomic E-state index is 0.0180. The maximum atomic E-state index is 13.4. The number of esters is 2. The van der Waals surface area contributed by atoms with Crippen LogP contribution in [0.1, 0.15) is 122 Å². The molecule has 10 bridgehead atoms. The normalized spacial score (nSPS) is 26.0. The summed E-state index contributed by atoms with van der Waals surface area (Å²) in [6, 6.07) is 9.71. The zero-order chi connectivity index (χ0) is 58.8. The Hall–Kier alpha value is -7.44. The van der Waals surface area contributed by atoms with Crippen LogP contribution in [0.3, 0.4) is 0 Å². The van der Waals surface area contributed by atoms with E-state index in [2.05, 4.69) is 76.0 Å². The largest absolute Gasteiger partial charge is 0.457 e. The molecule has 0 radical (unpaired) electrons. The number of rotatable bonds is 4. The van der Waals surface area contributed by atoms with Crippen molar-refractivity contribution >= 4 is 89.4 Å². The second-order valence-electron chi connectivity index (χ2n) is 22.4. The van der Waals surface area contributed by atoms with Gasteiger partial charge in [0.25, 0.3) is 11.8 Å². The number of benzene rings is 2. The van der Waals surface area contributed by atoms with Crippen LogP contribution in [0.25, 0.3) is 33.7 Å². The first-order valence-electron chi connectivity index (χ1n) is 27.5. The SMILES string of the molecule is C[C@@H]1NC(=O)[C@H](CO)NC(=O)C/C=C/c2cc3cc(ccc3cn2)[C@@H](C)OC(=O)[C@@H]2CCCN(N2)C1=O.C[C@@H]1NC(=O)[C@H](CO[Si](C)(C)C(C)(C)C)NC(=O)C/C=C/c2cc3cc(ccc3cn2)[C@@H](C)OC(=O)[C@@H]2CCCN(N2)C1=O. The van der Waals surface area contributed by atoms with Crippen LogP contribution in [-0.4, -0.2) is 143 Å². The maximum Gasteiger partial charge on any atom is 0.325 e. The molecule has 0 aliphatic carbocycles. The molecular formula is C58H76N10O12Si. The molecule has 4 aliphatic heterocycles. The van der Waals surface area contributed by atoms with E-state index < -0.39 is 105 Å². The van der Waals surface area contributed by atoms with Crippen LogP contribution in [0.5, 0.6) is 0 Å². The first-order valence-corrected chi connectivity index (χ1v) is 30.4. The Bertz CT molecular complexity index is 3070. The van der Waals surface area contributed by atoms with Gasteiger partial charge in [-0.05, 0) is 130 Å². The van der Waals surface area contributed by atoms with Crippen molar-refractivity contribution in [2.24, 2.45) is 0 Å². The monoisotopic (exact) mass is 1130 g/mol. The van der Waals surface area contributed by atoms with Crippen molar-refractivity contribution in [3.05, 3.63) is 95.6 Å². The van der Waals surface area contributed by atoms with E-state index in [0.717, 1.165) is 32.7 Å². The Balaban J connectivity index is 0.000000237. The van der Waals surface area contributed by atoms with Gasteiger partial charge in [-0.1, -0.05) is 57.2 Å². The van der Waals surface area contributed by atoms with Crippen LogP contribution < -0.4 is 32.1 Å². The van der Waals surface area contributed by atoms with E-state index in [0.29, 0.717) is 50.2 Å². The lowest BCUT2D eigenvalue weighted by molar-refractivity contribution is -0.158. The highest BCUT2D eigenvalue weighted by atomic mass is 28.4. The minimum Gasteiger partial charge on any atom is -0.457 e. The third-order valence-corrected chi connectivity index (χ3v) is 19.6. The van der Waals surface area contributed by atoms with Gasteiger partial charge in [-0.15, -0.1) is 0 Å². The second-order valence-corrected chi connectivity index (χ2v) is 27.2. The van der Waals surface area contributed by atoms with Crippen molar-refractivity contribution < 1.29 is 57.4 Å². The highest BCUT2D eigenvalue weighted by molar-refractivity contribution is 6.74. The van der Waals surface area contributed by atoms with E-state index in [4.69, 9.17) is 13.9 Å². The molecule has 0 unspecified atom stereocenters. The molecule has 0 spiro atoms. The number of ether oxygens (including phenoxy) is 2. The molecule has 81 heavy (non-hydrogen) atoms. The molecule has 0 saturated carbocycles. The van der Waals surface area contributed by atoms with Gasteiger partial charge in [0.2, 0.25) is 23.6 Å². The van der Waals surface area contributed by atoms with E-state index in [1.54, 1.807) is 50.5 Å². The summed E-state index contributed by atoms with van der Waals surface area (Å²) in [5.41, 5.74) is 8.83. The summed E-state index contributed by atoms with van der Waals surface area (Å²) >= 11 is 0. The van der Waals surface area contributed by atoms with Gasteiger partial charge in [-0.2, -0.15) is 0 Å². The number of fused-ring (bicyclic) bond motifs is 8. The standard InChI is InChI=1S/C32H45N5O6Si.C26H31N5O6/c1-20-30(40)37-15-9-11-26(36-37)31(41)43-21(2)22-13-14-23-18-33-25(17-24(23)16-22)10-8-12-28(38)35-27(29(39)34-20)19-42-44(6,7)32(3,4)5;1-15-25(35)31-10-4-6-21(30-31)26(36)37-16(2)17-8-9-18-13-27-20(12-19(18)11-17)5-3-7-23(33)29-22(14-32)24(34)28-15/h8,10,13-14,16-18,20-21,26-27,36H,9,11-12,15,19H2,1-7H3,(H,34,39)(H,35,38);3,5,8-9,11-13,15-16,21-22,30,32H,4,6-7,10,14H2,1-2H3,(H,28,34)(H,29,33)/b10-8+;5-3+/t20-,21+,26-,27-;15-,16+,21-,22-/m00/s1. The number of hydrazine groups is 2. The van der Waals surface area contributed by atoms with Crippen LogP contribution in [0.4, 0.5) is 0 Å². The average Bonchev–Trinajstić information content (AvgIpc) is 3.44. The van der Waals surface area contributed by atoms with Crippen LogP contribution in [-0.2, 0) is 52.3 Å². The van der Waals surface area contributed by atoms with E-state index in [1.807, 2.05) is 55.5 Å². The Kier molecular flexibility index (Phi) is 20.3. The number of hydrogen-bond donors (Lipinski definition) is 7. The third-order valence-electron chi connectivity index (χ3n) is 15.1. The molecule has 2 aromatic heterocycles. The van der Waals surface area contributed by atoms with Gasteiger partial charge >= 0.3 is 11.9 Å². The number of cyclic esters (lactones) is 2. The summed E-state index contributed by atoms with van der Waals surface area (Å²) < 4.78 is 17.8. The Morgan fingerprint density at radius 2 is 1.05 bits per heavy atom. The lowest BCUT2D eigenvalue weighted by Crippen LogP contribution is -2.61. The molecule has 2 aromatic carbocycles. The van der Waals surface area contributed by atoms with Crippen molar-refractivity contribution in [3.8, 4) is 0 Å². The van der Waals surface area contributed by atoms with Crippen LogP contribution >= 0.6 is 0 Å². The summed E-state index contributed by atoms with van der Waals surface area (Å²) in [7, 11) is -2.25. The van der Waals surface area contributed by atoms with Crippen molar-refractivity contribution in [1.82, 2.24) is 52.1 Å². The number of carbonyl (C=O) groups excluding carboxylic acids is 8. The summed E-state index contributed by atoms with van der Waals surface area (Å²) in [4.78, 5) is 113. The summed E-state index contributed by atoms with van der Waals surface area (Å²) in [5, 5.41) is 26.4. The van der Waals surface area contributed by atoms with Crippen molar-refractivity contribution in [3.63, 3.8) is 0 Å². The topological polar surface area (TPSA) is 289 Å². The number of hydrogen-bond acceptors (Lipinski definition) is 16. The zero-order valence-corrected chi connectivity index (χ0v) is 48.5. The van der Waals surface area contributed by atoms with Gasteiger partial charge in [0.05, 0.1) is 24.6 Å². The fourth-order valence-corrected chi connectivity index (χ4v) is 10.1. The number of nitrogens with zero attached hydrogens (tertiary/aromatic N) is 4. The molecule has 6 heterocycles. The van der Waals surface area contributed by atoms with Gasteiger partial charge in [-0.25, -0.2) is 10.9 Å². The number of amides is 6. The lowest BCUT2D eigenvalue weighted by Gasteiger charge is -2.37. The van der Waals surface area contributed by atoms with Crippen molar-refractivity contribution in [2.75, 3.05) is 26.3 Å². The molecule has 23 heteroatoms. The van der Waals surface area contributed by atoms with Crippen molar-refractivity contribution in [1.29, 1.82) is 0 Å². The van der Waals surface area contributed by atoms with E-state index >= 15 is 0 Å². The summed E-state index contributed by atoms with van der Waals surface area (Å²) in [6.45, 7) is 17.2. The molecule has 4 aliphatic rings. The number of carbonyl (C=O) groups is 8. The molecule has 8 rings (SSSR count). The van der Waals surface area contributed by atoms with Crippen LogP contribution in [0.15, 0.2) is 73.1 Å². The minimum atomic E-state index is -2.25. The molecule has 2 fully saturated rings. The van der Waals surface area contributed by atoms with E-state index in [-0.39, 0.29) is 30.4 Å². The molecule has 22 nitrogen and oxygen atoms in total. The molecule has 7 N–H and O–H groups in total. The van der Waals surface area contributed by atoms with Gasteiger partial charge in [-0.3, -0.25) is 58.3 Å². The van der Waals surface area contributed by atoms with Gasteiger partial charge in [0, 0.05) is 49.1 Å². The highest BCUT2D eigenvalue weighted by Crippen LogP contribution is 2.36. The first-order chi connectivity index (χ1) is 38.4. The van der Waals surface area contributed by atoms with Crippen LogP contribution in [0, 0.1) is 0 Å². The molecule has 434 valence electrons. The molecular weight excluding hydrogens is 1060 g/mol. The summed E-state index contributed by atoms with van der Waals surface area (Å²) in [6.07, 6.45) is 11.3. The molecule has 2 saturated heterocycles. The zero-order valence-electron chi connectivity index (χ0n) is 47.5. The fourth-order valence-electron chi connectivity index (χ4n) is 9.10. The van der Waals surface area contributed by atoms with Gasteiger partial charge in [0.15, 0.2) is 8.32 Å². The first kappa shape index (κ1) is 61.2. The highest BCUT2D eigenvalue weighted by Gasteiger charge is 2.40. The van der Waals surface area contributed by atoms with E-state index in [1.165, 1.54) is 16.9 Å². The van der Waals surface area contributed by atoms with Crippen molar-refractivity contribution in [2.45, 2.75) is 154 Å². The number of pyridine rings is 2. The Morgan fingerprint density at radius 3 is 1.48 bits per heavy atom. The predicted octanol–water partition coefficient (Wildman–Crippen LogP) is 4.50. The summed E-state index contributed by atoms with van der Waals surface area (Å²) in [5.74, 6) is -3.84. The van der Waals surface area contributed by atoms with E-state index in [9.17, 15) is 43.5 Å². The molecule has 8 atom stereocenters. The number of aliphatic hydroxyl groups excluding tert-OH is 1. The van der Waals surface area contributed by atoms with Gasteiger partial charge in [0.1, 0.15) is 48.5 Å². The average molecular weight is 1130 g/mol. The lowest BCUT2D eigenvalue weighted by atomic mass is 10.0.